The largest absolute Gasteiger partial charge is 0.435 e. The summed E-state index contributed by atoms with van der Waals surface area (Å²) in [5.41, 5.74) is -0.921. The van der Waals surface area contributed by atoms with Gasteiger partial charge in [-0.1, -0.05) is 0 Å². The molecule has 0 spiro atoms. The molecule has 0 radical (unpaired) electrons. The second-order valence-corrected chi connectivity index (χ2v) is 2.30. The molecule has 0 bridgehead atoms. The Kier molecular flexibility index (Phi) is 1.48. The van der Waals surface area contributed by atoms with Crippen molar-refractivity contribution in [3.63, 3.8) is 0 Å². The number of nitrogens with zero attached hydrogens (tertiary/aromatic N) is 4. The van der Waals surface area contributed by atoms with Crippen LogP contribution < -0.4 is 0 Å². The van der Waals surface area contributed by atoms with Gasteiger partial charge in [0.05, 0.1) is 18.6 Å². The van der Waals surface area contributed by atoms with E-state index in [0.717, 1.165) is 0 Å². The zero-order chi connectivity index (χ0) is 9.47. The van der Waals surface area contributed by atoms with Crippen molar-refractivity contribution in [2.45, 2.75) is 6.18 Å². The van der Waals surface area contributed by atoms with E-state index in [1.165, 1.54) is 12.4 Å². The van der Waals surface area contributed by atoms with Crippen molar-refractivity contribution in [1.82, 2.24) is 19.6 Å². The molecule has 0 saturated heterocycles. The Hall–Kier alpha value is -1.66. The lowest BCUT2D eigenvalue weighted by Gasteiger charge is -2.02. The van der Waals surface area contributed by atoms with E-state index in [-0.39, 0.29) is 5.78 Å². The van der Waals surface area contributed by atoms with E-state index in [1.54, 1.807) is 0 Å². The summed E-state index contributed by atoms with van der Waals surface area (Å²) < 4.78 is 37.3. The van der Waals surface area contributed by atoms with Gasteiger partial charge in [0.15, 0.2) is 5.69 Å². The first-order chi connectivity index (χ1) is 6.09. The van der Waals surface area contributed by atoms with E-state index >= 15 is 0 Å². The molecule has 0 saturated carbocycles. The quantitative estimate of drug-likeness (QED) is 0.622. The minimum absolute atomic E-state index is 0.0603. The second-order valence-electron chi connectivity index (χ2n) is 2.30. The lowest BCUT2D eigenvalue weighted by molar-refractivity contribution is -0.142. The highest BCUT2D eigenvalue weighted by Gasteiger charge is 2.35. The summed E-state index contributed by atoms with van der Waals surface area (Å²) in [6.45, 7) is 0. The van der Waals surface area contributed by atoms with Crippen LogP contribution in [0.4, 0.5) is 13.2 Å². The average Bonchev–Trinajstić information content (AvgIpc) is 2.45. The average molecular weight is 188 g/mol. The smallest absolute Gasteiger partial charge is 0.218 e. The van der Waals surface area contributed by atoms with Crippen LogP contribution in [0, 0.1) is 0 Å². The normalized spacial score (nSPS) is 12.2. The molecule has 4 nitrogen and oxygen atoms in total. The number of alkyl halides is 3. The number of fused-ring (bicyclic) bond motifs is 1. The van der Waals surface area contributed by atoms with Gasteiger partial charge >= 0.3 is 6.18 Å². The van der Waals surface area contributed by atoms with Crippen molar-refractivity contribution in [2.75, 3.05) is 0 Å². The molecule has 68 valence electrons. The lowest BCUT2D eigenvalue weighted by Crippen LogP contribution is -2.10. The highest BCUT2D eigenvalue weighted by Crippen LogP contribution is 2.28. The number of aromatic nitrogens is 4. The van der Waals surface area contributed by atoms with Gasteiger partial charge in [-0.2, -0.15) is 22.8 Å². The molecule has 0 atom stereocenters. The Bertz CT molecular complexity index is 433. The molecule has 0 N–H and O–H groups in total. The van der Waals surface area contributed by atoms with Crippen LogP contribution in [0.5, 0.6) is 0 Å². The third kappa shape index (κ3) is 1.21. The van der Waals surface area contributed by atoms with E-state index in [9.17, 15) is 13.2 Å². The number of halogens is 3. The third-order valence-electron chi connectivity index (χ3n) is 1.45. The standard InChI is InChI=1S/C6H3F3N4/c7-6(8,9)4-3-11-5-10-1-2-12-13(4)5/h1-3H. The summed E-state index contributed by atoms with van der Waals surface area (Å²) in [6, 6.07) is 0. The zero-order valence-corrected chi connectivity index (χ0v) is 6.15. The summed E-state index contributed by atoms with van der Waals surface area (Å²) in [4.78, 5) is 7.06. The Balaban J connectivity index is 2.72. The molecule has 0 aliphatic heterocycles. The van der Waals surface area contributed by atoms with E-state index in [0.29, 0.717) is 10.7 Å². The van der Waals surface area contributed by atoms with Gasteiger partial charge in [-0.3, -0.25) is 0 Å². The number of imidazole rings is 1. The van der Waals surface area contributed by atoms with Crippen LogP contribution in [0.1, 0.15) is 5.69 Å². The van der Waals surface area contributed by atoms with Crippen molar-refractivity contribution >= 4 is 5.78 Å². The van der Waals surface area contributed by atoms with Crippen molar-refractivity contribution < 1.29 is 13.2 Å². The van der Waals surface area contributed by atoms with Crippen molar-refractivity contribution in [3.8, 4) is 0 Å². The third-order valence-corrected chi connectivity index (χ3v) is 1.45. The molecule has 2 heterocycles. The molecule has 0 aliphatic rings. The number of hydrogen-bond donors (Lipinski definition) is 0. The van der Waals surface area contributed by atoms with Crippen LogP contribution >= 0.6 is 0 Å². The maximum atomic E-state index is 12.2. The lowest BCUT2D eigenvalue weighted by atomic mass is 10.5. The fourth-order valence-corrected chi connectivity index (χ4v) is 0.928. The van der Waals surface area contributed by atoms with Crippen LogP contribution in [-0.2, 0) is 6.18 Å². The van der Waals surface area contributed by atoms with Gasteiger partial charge in [-0.05, 0) is 0 Å². The Morgan fingerprint density at radius 1 is 1.15 bits per heavy atom. The second kappa shape index (κ2) is 2.41. The molecule has 0 amide bonds. The van der Waals surface area contributed by atoms with Gasteiger partial charge in [-0.15, -0.1) is 0 Å². The van der Waals surface area contributed by atoms with Crippen molar-refractivity contribution in [1.29, 1.82) is 0 Å². The van der Waals surface area contributed by atoms with Gasteiger partial charge in [0.25, 0.3) is 5.78 Å². The van der Waals surface area contributed by atoms with Gasteiger partial charge in [0.1, 0.15) is 0 Å². The van der Waals surface area contributed by atoms with E-state index in [1.807, 2.05) is 0 Å². The van der Waals surface area contributed by atoms with Gasteiger partial charge < -0.3 is 0 Å². The van der Waals surface area contributed by atoms with Crippen LogP contribution in [0.3, 0.4) is 0 Å². The molecule has 13 heavy (non-hydrogen) atoms. The molecule has 2 aromatic rings. The van der Waals surface area contributed by atoms with E-state index in [2.05, 4.69) is 15.1 Å². The maximum Gasteiger partial charge on any atom is 0.435 e. The van der Waals surface area contributed by atoms with Crippen LogP contribution in [0.15, 0.2) is 18.6 Å². The fraction of sp³-hybridized carbons (Fsp3) is 0.167. The summed E-state index contributed by atoms with van der Waals surface area (Å²) in [7, 11) is 0. The zero-order valence-electron chi connectivity index (χ0n) is 6.15. The molecule has 7 heteroatoms. The number of hydrogen-bond acceptors (Lipinski definition) is 3. The Morgan fingerprint density at radius 3 is 2.62 bits per heavy atom. The predicted molar refractivity (Wildman–Crippen MR) is 35.8 cm³/mol. The molecule has 0 aromatic carbocycles. The minimum Gasteiger partial charge on any atom is -0.218 e. The number of rotatable bonds is 0. The van der Waals surface area contributed by atoms with Crippen molar-refractivity contribution in [2.24, 2.45) is 0 Å². The SMILES string of the molecule is FC(F)(F)c1cnc2nccnn12. The minimum atomic E-state index is -4.45. The summed E-state index contributed by atoms with van der Waals surface area (Å²) in [6.07, 6.45) is -1.29. The summed E-state index contributed by atoms with van der Waals surface area (Å²) >= 11 is 0. The molecule has 2 rings (SSSR count). The summed E-state index contributed by atoms with van der Waals surface area (Å²) in [5.74, 6) is -0.0603. The van der Waals surface area contributed by atoms with E-state index in [4.69, 9.17) is 0 Å². The van der Waals surface area contributed by atoms with Crippen LogP contribution in [0.2, 0.25) is 0 Å². The molecule has 0 fully saturated rings. The molecular formula is C6H3F3N4. The summed E-state index contributed by atoms with van der Waals surface area (Å²) in [5, 5.41) is 3.48. The van der Waals surface area contributed by atoms with Gasteiger partial charge in [0, 0.05) is 0 Å². The highest BCUT2D eigenvalue weighted by atomic mass is 19.4. The topological polar surface area (TPSA) is 43.1 Å². The Morgan fingerprint density at radius 2 is 1.92 bits per heavy atom. The van der Waals surface area contributed by atoms with E-state index < -0.39 is 11.9 Å². The van der Waals surface area contributed by atoms with Gasteiger partial charge in [0.2, 0.25) is 0 Å². The predicted octanol–water partition coefficient (Wildman–Crippen LogP) is 1.14. The van der Waals surface area contributed by atoms with Crippen molar-refractivity contribution in [3.05, 3.63) is 24.3 Å². The van der Waals surface area contributed by atoms with Gasteiger partial charge in [-0.25, -0.2) is 9.97 Å². The Labute approximate surface area is 70.0 Å². The maximum absolute atomic E-state index is 12.2. The monoisotopic (exact) mass is 188 g/mol. The first-order valence-electron chi connectivity index (χ1n) is 3.31. The highest BCUT2D eigenvalue weighted by molar-refractivity contribution is 5.28. The molecule has 2 aromatic heterocycles. The fourth-order valence-electron chi connectivity index (χ4n) is 0.928. The van der Waals surface area contributed by atoms with Crippen LogP contribution in [-0.4, -0.2) is 19.6 Å². The molecule has 0 aliphatic carbocycles. The first-order valence-corrected chi connectivity index (χ1v) is 3.31. The molecular weight excluding hydrogens is 185 g/mol. The molecule has 0 unspecified atom stereocenters. The first kappa shape index (κ1) is 7.96. The van der Waals surface area contributed by atoms with Crippen LogP contribution in [0.25, 0.3) is 5.78 Å².